The van der Waals surface area contributed by atoms with Crippen molar-refractivity contribution in [2.75, 3.05) is 6.26 Å². The molecule has 0 aromatic carbocycles. The predicted molar refractivity (Wildman–Crippen MR) is 56.4 cm³/mol. The molecule has 0 N–H and O–H groups in total. The largest absolute Gasteiger partial charge is 0.255 e. The summed E-state index contributed by atoms with van der Waals surface area (Å²) in [6.45, 7) is 9.61. The van der Waals surface area contributed by atoms with Gasteiger partial charge in [-0.25, -0.2) is 0 Å². The van der Waals surface area contributed by atoms with Gasteiger partial charge in [0.1, 0.15) is 0 Å². The quantitative estimate of drug-likeness (QED) is 0.616. The number of hydrogen-bond donors (Lipinski definition) is 0. The third kappa shape index (κ3) is 4.29. The summed E-state index contributed by atoms with van der Waals surface area (Å²) in [6, 6.07) is 0. The van der Waals surface area contributed by atoms with E-state index in [1.807, 2.05) is 32.9 Å². The minimum Gasteiger partial charge on any atom is -0.255 e. The first-order valence-electron chi connectivity index (χ1n) is 3.79. The van der Waals surface area contributed by atoms with Gasteiger partial charge in [-0.05, 0) is 26.3 Å². The highest BCUT2D eigenvalue weighted by atomic mass is 32.2. The highest BCUT2D eigenvalue weighted by Crippen LogP contribution is 2.06. The molecule has 12 heavy (non-hydrogen) atoms. The average molecular weight is 184 g/mol. The molecule has 0 aromatic rings. The van der Waals surface area contributed by atoms with Crippen LogP contribution in [0.1, 0.15) is 20.8 Å². The first kappa shape index (κ1) is 11.4. The summed E-state index contributed by atoms with van der Waals surface area (Å²) in [4.78, 5) is 0.885. The molecule has 0 aliphatic rings. The summed E-state index contributed by atoms with van der Waals surface area (Å²) >= 11 is 0. The third-order valence-corrected chi connectivity index (χ3v) is 2.74. The molecule has 1 unspecified atom stereocenters. The second-order valence-electron chi connectivity index (χ2n) is 2.86. The zero-order chi connectivity index (χ0) is 9.72. The van der Waals surface area contributed by atoms with Crippen LogP contribution in [0.15, 0.2) is 34.8 Å². The topological polar surface area (TPSA) is 17.1 Å². The Labute approximate surface area is 77.3 Å². The van der Waals surface area contributed by atoms with Gasteiger partial charge in [-0.1, -0.05) is 24.3 Å². The molecule has 0 radical (unpaired) electrons. The van der Waals surface area contributed by atoms with Gasteiger partial charge in [-0.15, -0.1) is 0 Å². The van der Waals surface area contributed by atoms with Crippen LogP contribution >= 0.6 is 0 Å². The maximum atomic E-state index is 10.9. The van der Waals surface area contributed by atoms with E-state index in [1.165, 1.54) is 0 Å². The van der Waals surface area contributed by atoms with E-state index in [9.17, 15) is 4.21 Å². The molecule has 0 bridgehead atoms. The van der Waals surface area contributed by atoms with E-state index in [0.29, 0.717) is 0 Å². The van der Waals surface area contributed by atoms with E-state index in [1.54, 1.807) is 6.26 Å². The average Bonchev–Trinajstić information content (AvgIpc) is 1.98. The van der Waals surface area contributed by atoms with Crippen LogP contribution in [0.2, 0.25) is 0 Å². The van der Waals surface area contributed by atoms with Gasteiger partial charge in [0.15, 0.2) is 0 Å². The van der Waals surface area contributed by atoms with E-state index >= 15 is 0 Å². The second-order valence-corrected chi connectivity index (χ2v) is 4.41. The maximum Gasteiger partial charge on any atom is 0.0453 e. The van der Waals surface area contributed by atoms with Crippen molar-refractivity contribution in [3.05, 3.63) is 34.8 Å². The molecule has 1 atom stereocenters. The van der Waals surface area contributed by atoms with E-state index in [-0.39, 0.29) is 0 Å². The zero-order valence-electron chi connectivity index (χ0n) is 8.18. The minimum atomic E-state index is -0.853. The Morgan fingerprint density at radius 1 is 1.25 bits per heavy atom. The van der Waals surface area contributed by atoms with Crippen molar-refractivity contribution in [1.29, 1.82) is 0 Å². The van der Waals surface area contributed by atoms with Crippen molar-refractivity contribution in [1.82, 2.24) is 0 Å². The van der Waals surface area contributed by atoms with Gasteiger partial charge in [0, 0.05) is 22.0 Å². The van der Waals surface area contributed by atoms with Crippen LogP contribution in [0.25, 0.3) is 0 Å². The van der Waals surface area contributed by atoms with E-state index in [2.05, 4.69) is 6.58 Å². The lowest BCUT2D eigenvalue weighted by atomic mass is 10.1. The molecular weight excluding hydrogens is 168 g/mol. The molecule has 1 nitrogen and oxygen atoms in total. The Balaban J connectivity index is 4.48. The minimum absolute atomic E-state index is 0.853. The van der Waals surface area contributed by atoms with Crippen LogP contribution in [-0.4, -0.2) is 10.5 Å². The van der Waals surface area contributed by atoms with Crippen molar-refractivity contribution in [2.45, 2.75) is 20.8 Å². The SMILES string of the molecule is C=C(C)/C(C)=C/C=C(\C)S(C)=O. The Morgan fingerprint density at radius 3 is 2.08 bits per heavy atom. The molecule has 0 spiro atoms. The fourth-order valence-corrected chi connectivity index (χ4v) is 0.740. The predicted octanol–water partition coefficient (Wildman–Crippen LogP) is 2.79. The lowest BCUT2D eigenvalue weighted by Gasteiger charge is -1.96. The molecule has 68 valence electrons. The fourth-order valence-electron chi connectivity index (χ4n) is 0.480. The van der Waals surface area contributed by atoms with E-state index in [0.717, 1.165) is 16.1 Å². The van der Waals surface area contributed by atoms with Gasteiger partial charge >= 0.3 is 0 Å². The molecule has 0 aromatic heterocycles. The van der Waals surface area contributed by atoms with Gasteiger partial charge in [-0.3, -0.25) is 4.21 Å². The Kier molecular flexibility index (Phi) is 4.83. The lowest BCUT2D eigenvalue weighted by Crippen LogP contribution is -1.85. The van der Waals surface area contributed by atoms with Crippen LogP contribution in [0.3, 0.4) is 0 Å². The first-order chi connectivity index (χ1) is 5.45. The molecule has 0 aliphatic carbocycles. The van der Waals surface area contributed by atoms with Crippen molar-refractivity contribution >= 4 is 10.8 Å². The van der Waals surface area contributed by atoms with Crippen LogP contribution in [-0.2, 0) is 10.8 Å². The normalized spacial score (nSPS) is 16.0. The van der Waals surface area contributed by atoms with Crippen LogP contribution in [0, 0.1) is 0 Å². The number of allylic oxidation sites excluding steroid dienone is 5. The summed E-state index contributed by atoms with van der Waals surface area (Å²) < 4.78 is 10.9. The Hall–Kier alpha value is -0.630. The van der Waals surface area contributed by atoms with Gasteiger partial charge < -0.3 is 0 Å². The third-order valence-electron chi connectivity index (χ3n) is 1.69. The molecule has 0 heterocycles. The summed E-state index contributed by atoms with van der Waals surface area (Å²) in [6.07, 6.45) is 5.50. The Bertz CT molecular complexity index is 231. The van der Waals surface area contributed by atoms with Crippen LogP contribution in [0.5, 0.6) is 0 Å². The molecule has 0 fully saturated rings. The summed E-state index contributed by atoms with van der Waals surface area (Å²) in [5.41, 5.74) is 2.17. The molecule has 0 aliphatic heterocycles. The summed E-state index contributed by atoms with van der Waals surface area (Å²) in [7, 11) is -0.853. The molecule has 0 rings (SSSR count). The van der Waals surface area contributed by atoms with Crippen LogP contribution in [0.4, 0.5) is 0 Å². The van der Waals surface area contributed by atoms with Gasteiger partial charge in [-0.2, -0.15) is 0 Å². The number of hydrogen-bond acceptors (Lipinski definition) is 1. The van der Waals surface area contributed by atoms with Crippen molar-refractivity contribution in [3.63, 3.8) is 0 Å². The van der Waals surface area contributed by atoms with Crippen molar-refractivity contribution < 1.29 is 4.21 Å². The highest BCUT2D eigenvalue weighted by Gasteiger charge is 1.91. The summed E-state index contributed by atoms with van der Waals surface area (Å²) in [5.74, 6) is 0. The van der Waals surface area contributed by atoms with Crippen LogP contribution < -0.4 is 0 Å². The van der Waals surface area contributed by atoms with Crippen molar-refractivity contribution in [3.8, 4) is 0 Å². The Morgan fingerprint density at radius 2 is 1.75 bits per heavy atom. The molecular formula is C10H16OS. The van der Waals surface area contributed by atoms with E-state index in [4.69, 9.17) is 0 Å². The lowest BCUT2D eigenvalue weighted by molar-refractivity contribution is 0.690. The smallest absolute Gasteiger partial charge is 0.0453 e. The second kappa shape index (κ2) is 5.09. The molecule has 2 heteroatoms. The summed E-state index contributed by atoms with van der Waals surface area (Å²) in [5, 5.41) is 0. The zero-order valence-corrected chi connectivity index (χ0v) is 8.99. The van der Waals surface area contributed by atoms with Gasteiger partial charge in [0.2, 0.25) is 0 Å². The highest BCUT2D eigenvalue weighted by molar-refractivity contribution is 7.88. The monoisotopic (exact) mass is 184 g/mol. The number of rotatable bonds is 3. The molecule has 0 amide bonds. The van der Waals surface area contributed by atoms with E-state index < -0.39 is 10.8 Å². The van der Waals surface area contributed by atoms with Gasteiger partial charge in [0.05, 0.1) is 0 Å². The van der Waals surface area contributed by atoms with Crippen molar-refractivity contribution in [2.24, 2.45) is 0 Å². The standard InChI is InChI=1S/C10H16OS/c1-8(2)9(3)6-7-10(4)12(5)11/h6-7H,1H2,2-5H3/b9-6+,10-7+. The first-order valence-corrected chi connectivity index (χ1v) is 5.35. The molecule has 0 saturated carbocycles. The fraction of sp³-hybridized carbons (Fsp3) is 0.400. The molecule has 0 saturated heterocycles. The van der Waals surface area contributed by atoms with Gasteiger partial charge in [0.25, 0.3) is 0 Å². The maximum absolute atomic E-state index is 10.9.